The van der Waals surface area contributed by atoms with Crippen LogP contribution in [0.15, 0.2) is 54.6 Å². The molecule has 2 aromatic rings. The molecule has 1 saturated heterocycles. The molecular formula is C25H29N5O5. The summed E-state index contributed by atoms with van der Waals surface area (Å²) in [5, 5.41) is 5.61. The van der Waals surface area contributed by atoms with Crippen molar-refractivity contribution < 1.29 is 23.9 Å². The molecule has 0 saturated carbocycles. The fraction of sp³-hybridized carbons (Fsp3) is 0.360. The van der Waals surface area contributed by atoms with Crippen molar-refractivity contribution >= 4 is 35.3 Å². The van der Waals surface area contributed by atoms with Crippen LogP contribution in [0.1, 0.15) is 12.5 Å². The predicted octanol–water partition coefficient (Wildman–Crippen LogP) is 2.07. The van der Waals surface area contributed by atoms with Gasteiger partial charge in [0, 0.05) is 32.6 Å². The van der Waals surface area contributed by atoms with E-state index in [4.69, 9.17) is 4.74 Å². The number of carbonyl (C=O) groups is 4. The lowest BCUT2D eigenvalue weighted by Gasteiger charge is -2.36. The Morgan fingerprint density at radius 1 is 0.971 bits per heavy atom. The number of nitrogens with one attached hydrogen (secondary N) is 2. The number of benzene rings is 2. The van der Waals surface area contributed by atoms with Gasteiger partial charge >= 0.3 is 12.1 Å². The van der Waals surface area contributed by atoms with Crippen LogP contribution in [-0.4, -0.2) is 79.1 Å². The summed E-state index contributed by atoms with van der Waals surface area (Å²) < 4.78 is 5.05. The Morgan fingerprint density at radius 3 is 2.34 bits per heavy atom. The standard InChI is InChI=1S/C25H29N5O5/c1-2-35-25(34)29-14-12-28(13-15-29)23(32)20(16-18-8-4-3-5-9-18)27-24(33)30-17-22(31)26-19-10-6-7-11-21(19)30/h3-11,20H,2,12-17H2,1H3,(H,26,31)(H,27,33). The zero-order chi connectivity index (χ0) is 24.8. The monoisotopic (exact) mass is 479 g/mol. The summed E-state index contributed by atoms with van der Waals surface area (Å²) in [6, 6.07) is 15.1. The van der Waals surface area contributed by atoms with E-state index in [0.717, 1.165) is 5.56 Å². The molecule has 10 nitrogen and oxygen atoms in total. The van der Waals surface area contributed by atoms with Crippen molar-refractivity contribution in [2.24, 2.45) is 0 Å². The van der Waals surface area contributed by atoms with Gasteiger partial charge < -0.3 is 25.2 Å². The van der Waals surface area contributed by atoms with Crippen LogP contribution in [-0.2, 0) is 20.7 Å². The molecule has 1 fully saturated rings. The van der Waals surface area contributed by atoms with Gasteiger partial charge in [0.25, 0.3) is 0 Å². The molecule has 2 heterocycles. The number of urea groups is 1. The van der Waals surface area contributed by atoms with Gasteiger partial charge in [-0.05, 0) is 24.6 Å². The average Bonchev–Trinajstić information content (AvgIpc) is 2.88. The van der Waals surface area contributed by atoms with Crippen molar-refractivity contribution in [3.05, 3.63) is 60.2 Å². The van der Waals surface area contributed by atoms with Crippen molar-refractivity contribution in [3.63, 3.8) is 0 Å². The number of rotatable bonds is 5. The maximum Gasteiger partial charge on any atom is 0.409 e. The number of hydrogen-bond donors (Lipinski definition) is 2. The van der Waals surface area contributed by atoms with Crippen LogP contribution in [0.3, 0.4) is 0 Å². The summed E-state index contributed by atoms with van der Waals surface area (Å²) in [6.45, 7) is 3.29. The van der Waals surface area contributed by atoms with E-state index in [-0.39, 0.29) is 18.4 Å². The van der Waals surface area contributed by atoms with Gasteiger partial charge in [-0.2, -0.15) is 0 Å². The molecular weight excluding hydrogens is 450 g/mol. The largest absolute Gasteiger partial charge is 0.450 e. The van der Waals surface area contributed by atoms with Crippen LogP contribution >= 0.6 is 0 Å². The molecule has 4 rings (SSSR count). The Bertz CT molecular complexity index is 1080. The number of para-hydroxylation sites is 2. The fourth-order valence-corrected chi connectivity index (χ4v) is 4.24. The molecule has 2 aliphatic rings. The third-order valence-electron chi connectivity index (χ3n) is 6.01. The predicted molar refractivity (Wildman–Crippen MR) is 130 cm³/mol. The van der Waals surface area contributed by atoms with E-state index in [9.17, 15) is 19.2 Å². The van der Waals surface area contributed by atoms with Gasteiger partial charge in [0.05, 0.1) is 18.0 Å². The summed E-state index contributed by atoms with van der Waals surface area (Å²) in [7, 11) is 0. The van der Waals surface area contributed by atoms with E-state index in [1.54, 1.807) is 41.0 Å². The second kappa shape index (κ2) is 10.9. The highest BCUT2D eigenvalue weighted by Gasteiger charge is 2.33. The highest BCUT2D eigenvalue weighted by molar-refractivity contribution is 6.10. The highest BCUT2D eigenvalue weighted by atomic mass is 16.6. The van der Waals surface area contributed by atoms with Crippen LogP contribution in [0.25, 0.3) is 0 Å². The van der Waals surface area contributed by atoms with E-state index < -0.39 is 18.2 Å². The molecule has 2 N–H and O–H groups in total. The topological polar surface area (TPSA) is 111 Å². The minimum atomic E-state index is -0.837. The number of nitrogens with zero attached hydrogens (tertiary/aromatic N) is 3. The minimum Gasteiger partial charge on any atom is -0.450 e. The zero-order valence-corrected chi connectivity index (χ0v) is 19.6. The van der Waals surface area contributed by atoms with E-state index in [1.807, 2.05) is 30.3 Å². The van der Waals surface area contributed by atoms with Crippen molar-refractivity contribution in [1.82, 2.24) is 15.1 Å². The third-order valence-corrected chi connectivity index (χ3v) is 6.01. The van der Waals surface area contributed by atoms with E-state index in [0.29, 0.717) is 50.6 Å². The average molecular weight is 480 g/mol. The number of ether oxygens (including phenoxy) is 1. The SMILES string of the molecule is CCOC(=O)N1CCN(C(=O)C(Cc2ccccc2)NC(=O)N2CC(=O)Nc3ccccc32)CC1. The molecule has 35 heavy (non-hydrogen) atoms. The Kier molecular flexibility index (Phi) is 7.49. The van der Waals surface area contributed by atoms with Crippen LogP contribution in [0, 0.1) is 0 Å². The molecule has 10 heteroatoms. The molecule has 5 amide bonds. The molecule has 0 radical (unpaired) electrons. The number of anilines is 2. The number of amides is 5. The molecule has 0 spiro atoms. The number of piperazine rings is 1. The molecule has 2 aliphatic heterocycles. The minimum absolute atomic E-state index is 0.146. The van der Waals surface area contributed by atoms with E-state index in [2.05, 4.69) is 10.6 Å². The summed E-state index contributed by atoms with van der Waals surface area (Å²) in [5.74, 6) is -0.541. The number of hydrogen-bond acceptors (Lipinski definition) is 5. The first kappa shape index (κ1) is 24.1. The molecule has 0 bridgehead atoms. The zero-order valence-electron chi connectivity index (χ0n) is 19.6. The maximum atomic E-state index is 13.5. The van der Waals surface area contributed by atoms with Gasteiger partial charge in [0.2, 0.25) is 11.8 Å². The second-order valence-electron chi connectivity index (χ2n) is 8.35. The lowest BCUT2D eigenvalue weighted by molar-refractivity contribution is -0.134. The smallest absolute Gasteiger partial charge is 0.409 e. The van der Waals surface area contributed by atoms with Crippen molar-refractivity contribution in [1.29, 1.82) is 0 Å². The number of fused-ring (bicyclic) bond motifs is 1. The Balaban J connectivity index is 1.49. The van der Waals surface area contributed by atoms with Gasteiger partial charge in [-0.25, -0.2) is 9.59 Å². The van der Waals surface area contributed by atoms with Gasteiger partial charge in [-0.15, -0.1) is 0 Å². The van der Waals surface area contributed by atoms with Crippen molar-refractivity contribution in [2.45, 2.75) is 19.4 Å². The molecule has 1 atom stereocenters. The Hall–Kier alpha value is -4.08. The summed E-state index contributed by atoms with van der Waals surface area (Å²) in [5.41, 5.74) is 2.01. The second-order valence-corrected chi connectivity index (χ2v) is 8.35. The molecule has 184 valence electrons. The van der Waals surface area contributed by atoms with Gasteiger partial charge in [-0.3, -0.25) is 14.5 Å². The first-order valence-electron chi connectivity index (χ1n) is 11.7. The van der Waals surface area contributed by atoms with Gasteiger partial charge in [-0.1, -0.05) is 42.5 Å². The summed E-state index contributed by atoms with van der Waals surface area (Å²) >= 11 is 0. The number of carbonyl (C=O) groups excluding carboxylic acids is 4. The van der Waals surface area contributed by atoms with Gasteiger partial charge in [0.1, 0.15) is 12.6 Å². The summed E-state index contributed by atoms with van der Waals surface area (Å²) in [6.07, 6.45) is -0.0960. The maximum absolute atomic E-state index is 13.5. The van der Waals surface area contributed by atoms with Gasteiger partial charge in [0.15, 0.2) is 0 Å². The molecule has 0 aromatic heterocycles. The third kappa shape index (κ3) is 5.71. The molecule has 1 unspecified atom stereocenters. The first-order valence-corrected chi connectivity index (χ1v) is 11.7. The lowest BCUT2D eigenvalue weighted by Crippen LogP contribution is -2.58. The van der Waals surface area contributed by atoms with Crippen LogP contribution in [0.4, 0.5) is 21.0 Å². The molecule has 2 aromatic carbocycles. The normalized spacial score (nSPS) is 16.1. The lowest BCUT2D eigenvalue weighted by atomic mass is 10.0. The first-order chi connectivity index (χ1) is 17.0. The summed E-state index contributed by atoms with van der Waals surface area (Å²) in [4.78, 5) is 55.6. The van der Waals surface area contributed by atoms with E-state index in [1.165, 1.54) is 4.90 Å². The highest BCUT2D eigenvalue weighted by Crippen LogP contribution is 2.29. The van der Waals surface area contributed by atoms with Crippen LogP contribution in [0.5, 0.6) is 0 Å². The Labute approximate surface area is 203 Å². The van der Waals surface area contributed by atoms with E-state index >= 15 is 0 Å². The van der Waals surface area contributed by atoms with Crippen LogP contribution in [0.2, 0.25) is 0 Å². The quantitative estimate of drug-likeness (QED) is 0.682. The van der Waals surface area contributed by atoms with Crippen LogP contribution < -0.4 is 15.5 Å². The van der Waals surface area contributed by atoms with Crippen molar-refractivity contribution in [3.8, 4) is 0 Å². The van der Waals surface area contributed by atoms with Crippen molar-refractivity contribution in [2.75, 3.05) is 49.5 Å². The molecule has 0 aliphatic carbocycles. The fourth-order valence-electron chi connectivity index (χ4n) is 4.24. The Morgan fingerprint density at radius 2 is 1.63 bits per heavy atom.